The Bertz CT molecular complexity index is 397. The number of benzene rings is 1. The van der Waals surface area contributed by atoms with E-state index < -0.39 is 11.6 Å². The molecule has 1 atom stereocenters. The number of nitrogens with one attached hydrogen (secondary N) is 1. The number of rotatable bonds is 6. The predicted molar refractivity (Wildman–Crippen MR) is 68.2 cm³/mol. The van der Waals surface area contributed by atoms with Gasteiger partial charge in [-0.25, -0.2) is 8.78 Å². The Morgan fingerprint density at radius 2 is 2.11 bits per heavy atom. The third-order valence-corrected chi connectivity index (χ3v) is 3.12. The first-order chi connectivity index (χ1) is 9.20. The van der Waals surface area contributed by atoms with E-state index in [-0.39, 0.29) is 11.7 Å². The van der Waals surface area contributed by atoms with E-state index in [2.05, 4.69) is 5.32 Å². The first-order valence-corrected chi connectivity index (χ1v) is 6.60. The highest BCUT2D eigenvalue weighted by atomic mass is 19.1. The van der Waals surface area contributed by atoms with Crippen molar-refractivity contribution < 1.29 is 18.3 Å². The van der Waals surface area contributed by atoms with Crippen LogP contribution in [0, 0.1) is 17.6 Å². The van der Waals surface area contributed by atoms with Gasteiger partial charge in [0.05, 0.1) is 13.2 Å². The highest BCUT2D eigenvalue weighted by Gasteiger charge is 2.19. The van der Waals surface area contributed by atoms with Crippen molar-refractivity contribution in [3.05, 3.63) is 29.3 Å². The molecule has 1 aliphatic rings. The molecule has 0 saturated carbocycles. The highest BCUT2D eigenvalue weighted by Crippen LogP contribution is 2.25. The minimum atomic E-state index is -0.646. The van der Waals surface area contributed by atoms with Crippen molar-refractivity contribution in [2.75, 3.05) is 26.4 Å². The molecule has 1 heterocycles. The zero-order valence-electron chi connectivity index (χ0n) is 11.0. The van der Waals surface area contributed by atoms with Gasteiger partial charge >= 0.3 is 0 Å². The van der Waals surface area contributed by atoms with Gasteiger partial charge in [0, 0.05) is 19.1 Å². The molecule has 3 nitrogen and oxygen atoms in total. The molecule has 0 bridgehead atoms. The fraction of sp³-hybridized carbons (Fsp3) is 0.571. The molecule has 1 unspecified atom stereocenters. The quantitative estimate of drug-likeness (QED) is 0.862. The molecule has 0 radical (unpaired) electrons. The lowest BCUT2D eigenvalue weighted by Crippen LogP contribution is -2.14. The number of halogens is 2. The first-order valence-electron chi connectivity index (χ1n) is 6.60. The van der Waals surface area contributed by atoms with Crippen LogP contribution in [0.1, 0.15) is 18.9 Å². The van der Waals surface area contributed by atoms with Crippen molar-refractivity contribution in [2.24, 2.45) is 5.92 Å². The summed E-state index contributed by atoms with van der Waals surface area (Å²) in [5.74, 6) is -1.36. The molecule has 1 saturated heterocycles. The second kappa shape index (κ2) is 6.82. The minimum absolute atomic E-state index is 0.222. The summed E-state index contributed by atoms with van der Waals surface area (Å²) in [6, 6.07) is 2.62. The van der Waals surface area contributed by atoms with E-state index >= 15 is 0 Å². The standard InChI is InChI=1S/C14H19F2NO2/c1-2-17-7-11-5-12(15)14(13(16)6-11)19-9-10-3-4-18-8-10/h5-6,10,17H,2-4,7-9H2,1H3. The number of hydrogen-bond donors (Lipinski definition) is 1. The summed E-state index contributed by atoms with van der Waals surface area (Å²) in [7, 11) is 0. The van der Waals surface area contributed by atoms with Crippen molar-refractivity contribution in [3.63, 3.8) is 0 Å². The van der Waals surface area contributed by atoms with Gasteiger partial charge in [-0.2, -0.15) is 0 Å². The molecule has 2 rings (SSSR count). The molecule has 1 fully saturated rings. The van der Waals surface area contributed by atoms with Gasteiger partial charge in [0.2, 0.25) is 0 Å². The summed E-state index contributed by atoms with van der Waals surface area (Å²) >= 11 is 0. The van der Waals surface area contributed by atoms with E-state index in [0.29, 0.717) is 31.9 Å². The van der Waals surface area contributed by atoms with Gasteiger partial charge in [-0.05, 0) is 30.7 Å². The Morgan fingerprint density at radius 3 is 2.68 bits per heavy atom. The minimum Gasteiger partial charge on any atom is -0.487 e. The third kappa shape index (κ3) is 3.88. The van der Waals surface area contributed by atoms with E-state index in [9.17, 15) is 8.78 Å². The zero-order chi connectivity index (χ0) is 13.7. The van der Waals surface area contributed by atoms with Crippen molar-refractivity contribution in [1.29, 1.82) is 0 Å². The second-order valence-electron chi connectivity index (χ2n) is 4.71. The SMILES string of the molecule is CCNCc1cc(F)c(OCC2CCOC2)c(F)c1. The van der Waals surface area contributed by atoms with Crippen LogP contribution in [0.25, 0.3) is 0 Å². The van der Waals surface area contributed by atoms with Gasteiger partial charge in [0.15, 0.2) is 17.4 Å². The van der Waals surface area contributed by atoms with E-state index in [1.807, 2.05) is 6.92 Å². The van der Waals surface area contributed by atoms with Gasteiger partial charge in [0.1, 0.15) is 0 Å². The van der Waals surface area contributed by atoms with Crippen LogP contribution in [0.4, 0.5) is 8.78 Å². The molecule has 0 amide bonds. The maximum absolute atomic E-state index is 13.8. The van der Waals surface area contributed by atoms with E-state index in [1.54, 1.807) is 0 Å². The number of ether oxygens (including phenoxy) is 2. The summed E-state index contributed by atoms with van der Waals surface area (Å²) < 4.78 is 38.0. The van der Waals surface area contributed by atoms with Crippen molar-refractivity contribution in [3.8, 4) is 5.75 Å². The predicted octanol–water partition coefficient (Wildman–Crippen LogP) is 2.49. The van der Waals surface area contributed by atoms with Crippen LogP contribution >= 0.6 is 0 Å². The Morgan fingerprint density at radius 1 is 1.37 bits per heavy atom. The molecule has 1 N–H and O–H groups in total. The molecular weight excluding hydrogens is 252 g/mol. The van der Waals surface area contributed by atoms with Crippen LogP contribution < -0.4 is 10.1 Å². The Hall–Kier alpha value is -1.20. The third-order valence-electron chi connectivity index (χ3n) is 3.12. The average molecular weight is 271 g/mol. The van der Waals surface area contributed by atoms with E-state index in [0.717, 1.165) is 13.0 Å². The zero-order valence-corrected chi connectivity index (χ0v) is 11.0. The molecule has 106 valence electrons. The topological polar surface area (TPSA) is 30.5 Å². The molecule has 0 aromatic heterocycles. The summed E-state index contributed by atoms with van der Waals surface area (Å²) in [5.41, 5.74) is 0.577. The Labute approximate surface area is 111 Å². The smallest absolute Gasteiger partial charge is 0.190 e. The summed E-state index contributed by atoms with van der Waals surface area (Å²) in [6.07, 6.45) is 0.877. The van der Waals surface area contributed by atoms with Gasteiger partial charge < -0.3 is 14.8 Å². The maximum atomic E-state index is 13.8. The van der Waals surface area contributed by atoms with Gasteiger partial charge in [-0.15, -0.1) is 0 Å². The van der Waals surface area contributed by atoms with Crippen LogP contribution in [0.5, 0.6) is 5.75 Å². The van der Waals surface area contributed by atoms with Gasteiger partial charge in [-0.3, -0.25) is 0 Å². The average Bonchev–Trinajstić information content (AvgIpc) is 2.88. The summed E-state index contributed by atoms with van der Waals surface area (Å²) in [6.45, 7) is 4.72. The Balaban J connectivity index is 1.99. The van der Waals surface area contributed by atoms with Crippen LogP contribution in [-0.2, 0) is 11.3 Å². The molecule has 19 heavy (non-hydrogen) atoms. The molecule has 1 aromatic carbocycles. The normalized spacial score (nSPS) is 18.8. The highest BCUT2D eigenvalue weighted by molar-refractivity contribution is 5.31. The molecule has 1 aromatic rings. The van der Waals surface area contributed by atoms with Gasteiger partial charge in [0.25, 0.3) is 0 Å². The van der Waals surface area contributed by atoms with Crippen molar-refractivity contribution >= 4 is 0 Å². The van der Waals surface area contributed by atoms with Crippen LogP contribution in [-0.4, -0.2) is 26.4 Å². The van der Waals surface area contributed by atoms with Crippen LogP contribution in [0.15, 0.2) is 12.1 Å². The lowest BCUT2D eigenvalue weighted by atomic mass is 10.1. The summed E-state index contributed by atoms with van der Waals surface area (Å²) in [4.78, 5) is 0. The fourth-order valence-corrected chi connectivity index (χ4v) is 2.04. The molecule has 5 heteroatoms. The number of hydrogen-bond acceptors (Lipinski definition) is 3. The molecule has 1 aliphatic heterocycles. The van der Waals surface area contributed by atoms with Crippen LogP contribution in [0.2, 0.25) is 0 Å². The lowest BCUT2D eigenvalue weighted by molar-refractivity contribution is 0.163. The molecule has 0 aliphatic carbocycles. The van der Waals surface area contributed by atoms with E-state index in [4.69, 9.17) is 9.47 Å². The fourth-order valence-electron chi connectivity index (χ4n) is 2.04. The first kappa shape index (κ1) is 14.2. The Kier molecular flexibility index (Phi) is 5.10. The van der Waals surface area contributed by atoms with E-state index in [1.165, 1.54) is 12.1 Å². The van der Waals surface area contributed by atoms with Crippen LogP contribution in [0.3, 0.4) is 0 Å². The summed E-state index contributed by atoms with van der Waals surface area (Å²) in [5, 5.41) is 3.02. The largest absolute Gasteiger partial charge is 0.487 e. The lowest BCUT2D eigenvalue weighted by Gasteiger charge is -2.13. The van der Waals surface area contributed by atoms with Crippen molar-refractivity contribution in [2.45, 2.75) is 19.9 Å². The molecular formula is C14H19F2NO2. The van der Waals surface area contributed by atoms with Crippen molar-refractivity contribution in [1.82, 2.24) is 5.32 Å². The van der Waals surface area contributed by atoms with Gasteiger partial charge in [-0.1, -0.05) is 6.92 Å². The second-order valence-corrected chi connectivity index (χ2v) is 4.71. The monoisotopic (exact) mass is 271 g/mol. The maximum Gasteiger partial charge on any atom is 0.190 e. The molecule has 0 spiro atoms.